The molecule has 0 saturated heterocycles. The van der Waals surface area contributed by atoms with E-state index in [1.54, 1.807) is 12.1 Å². The third-order valence-corrected chi connectivity index (χ3v) is 16.9. The van der Waals surface area contributed by atoms with Crippen molar-refractivity contribution in [1.82, 2.24) is 10.6 Å². The molecule has 8 nitrogen and oxygen atoms in total. The maximum absolute atomic E-state index is 14.6. The van der Waals surface area contributed by atoms with E-state index in [9.17, 15) is 19.5 Å². The second kappa shape index (κ2) is 14.0. The zero-order valence-corrected chi connectivity index (χ0v) is 33.8. The van der Waals surface area contributed by atoms with Gasteiger partial charge in [0.25, 0.3) is 5.91 Å². The van der Waals surface area contributed by atoms with E-state index in [1.165, 1.54) is 44.4 Å². The second-order valence-corrected chi connectivity index (χ2v) is 19.4. The number of furan rings is 1. The number of nitrogens with one attached hydrogen (secondary N) is 2. The van der Waals surface area contributed by atoms with Crippen LogP contribution in [-0.2, 0) is 22.5 Å². The Hall–Kier alpha value is -3.39. The number of allylic oxidation sites excluding steroid dienone is 1. The molecule has 54 heavy (non-hydrogen) atoms. The average Bonchev–Trinajstić information content (AvgIpc) is 3.79. The first-order valence-electron chi connectivity index (χ1n) is 20.7. The van der Waals surface area contributed by atoms with Gasteiger partial charge in [0.15, 0.2) is 0 Å². The molecule has 0 aliphatic heterocycles. The van der Waals surface area contributed by atoms with Crippen LogP contribution in [0.3, 0.4) is 0 Å². The summed E-state index contributed by atoms with van der Waals surface area (Å²) in [5, 5.41) is 17.4. The Balaban J connectivity index is 1.04. The molecule has 3 N–H and O–H groups in total. The number of benzene rings is 1. The minimum atomic E-state index is -0.562. The molecule has 5 aliphatic rings. The molecule has 5 fully saturated rings. The van der Waals surface area contributed by atoms with Crippen molar-refractivity contribution in [2.24, 2.45) is 56.7 Å². The van der Waals surface area contributed by atoms with Crippen molar-refractivity contribution >= 4 is 17.8 Å². The van der Waals surface area contributed by atoms with Gasteiger partial charge in [0.1, 0.15) is 5.76 Å². The number of fused-ring (bicyclic) bond motifs is 7. The average molecular weight is 741 g/mol. The summed E-state index contributed by atoms with van der Waals surface area (Å²) in [5.41, 5.74) is 2.89. The van der Waals surface area contributed by atoms with E-state index in [0.717, 1.165) is 44.1 Å². The van der Waals surface area contributed by atoms with Crippen LogP contribution in [0.2, 0.25) is 0 Å². The first kappa shape index (κ1) is 38.9. The molecular formula is C46H64N2O6. The summed E-state index contributed by atoms with van der Waals surface area (Å²) in [4.78, 5) is 39.3. The molecule has 7 rings (SSSR count). The Morgan fingerprint density at radius 2 is 1.67 bits per heavy atom. The van der Waals surface area contributed by atoms with Gasteiger partial charge in [-0.1, -0.05) is 58.9 Å². The minimum absolute atomic E-state index is 0.0603. The van der Waals surface area contributed by atoms with Crippen LogP contribution in [0.5, 0.6) is 0 Å². The van der Waals surface area contributed by atoms with Crippen LogP contribution < -0.4 is 10.6 Å². The molecule has 5 saturated carbocycles. The van der Waals surface area contributed by atoms with Gasteiger partial charge in [-0.3, -0.25) is 9.59 Å². The number of amides is 2. The van der Waals surface area contributed by atoms with E-state index < -0.39 is 5.97 Å². The summed E-state index contributed by atoms with van der Waals surface area (Å²) >= 11 is 0. The molecule has 0 spiro atoms. The molecular weight excluding hydrogens is 677 g/mol. The van der Waals surface area contributed by atoms with Crippen LogP contribution in [0.1, 0.15) is 138 Å². The quantitative estimate of drug-likeness (QED) is 0.175. The van der Waals surface area contributed by atoms with Gasteiger partial charge in [-0.25, -0.2) is 4.79 Å². The lowest BCUT2D eigenvalue weighted by atomic mass is 9.32. The van der Waals surface area contributed by atoms with E-state index in [1.807, 2.05) is 18.2 Å². The molecule has 4 unspecified atom stereocenters. The van der Waals surface area contributed by atoms with Gasteiger partial charge in [0.2, 0.25) is 11.7 Å². The summed E-state index contributed by atoms with van der Waals surface area (Å²) in [7, 11) is 1.29. The lowest BCUT2D eigenvalue weighted by molar-refractivity contribution is -0.246. The minimum Gasteiger partial charge on any atom is -0.463 e. The van der Waals surface area contributed by atoms with Gasteiger partial charge >= 0.3 is 5.97 Å². The lowest BCUT2D eigenvalue weighted by Crippen LogP contribution is -2.67. The van der Waals surface area contributed by atoms with Gasteiger partial charge in [-0.05, 0) is 159 Å². The van der Waals surface area contributed by atoms with Crippen molar-refractivity contribution in [1.29, 1.82) is 0 Å². The molecule has 294 valence electrons. The maximum atomic E-state index is 14.6. The normalized spacial score (nSPS) is 37.9. The van der Waals surface area contributed by atoms with E-state index in [0.29, 0.717) is 53.9 Å². The number of hydrogen-bond acceptors (Lipinski definition) is 6. The highest BCUT2D eigenvalue weighted by molar-refractivity contribution is 5.94. The molecule has 1 heterocycles. The van der Waals surface area contributed by atoms with E-state index in [2.05, 4.69) is 63.5 Å². The maximum Gasteiger partial charge on any atom is 0.373 e. The Kier molecular flexibility index (Phi) is 10.1. The van der Waals surface area contributed by atoms with Gasteiger partial charge in [0, 0.05) is 12.1 Å². The molecule has 2 amide bonds. The second-order valence-electron chi connectivity index (χ2n) is 19.4. The van der Waals surface area contributed by atoms with Crippen molar-refractivity contribution in [2.45, 2.75) is 125 Å². The predicted octanol–water partition coefficient (Wildman–Crippen LogP) is 8.67. The number of hydrogen-bond donors (Lipinski definition) is 3. The van der Waals surface area contributed by atoms with Crippen molar-refractivity contribution in [3.05, 3.63) is 71.2 Å². The molecule has 5 aliphatic carbocycles. The van der Waals surface area contributed by atoms with Crippen LogP contribution >= 0.6 is 0 Å². The zero-order chi connectivity index (χ0) is 38.8. The smallest absolute Gasteiger partial charge is 0.373 e. The standard InChI is InChI=1S/C46H64N2O6/c1-28(2)32-16-22-46(41(52)47-25-19-29-10-9-11-30(26-29)39(50)48-27-31-12-14-34(54-31)40(51)53-8)24-23-44(6)33(38(32)46)13-15-36-43(5)20-18-37(49)42(3,4)35(43)17-21-45(36,44)7/h9-12,14,26,32-33,35-38,49H,1,13,15-25,27H2,2-8H3,(H,47,52)(H,48,50)/t32-,33?,35?,36?,37-,38?,43-,44+,45+,46-/m0/s1. The molecule has 0 bridgehead atoms. The number of ether oxygens (including phenoxy) is 1. The fourth-order valence-corrected chi connectivity index (χ4v) is 13.8. The van der Waals surface area contributed by atoms with Gasteiger partial charge < -0.3 is 24.9 Å². The van der Waals surface area contributed by atoms with Gasteiger partial charge in [-0.15, -0.1) is 0 Å². The highest BCUT2D eigenvalue weighted by Crippen LogP contribution is 2.77. The summed E-state index contributed by atoms with van der Waals surface area (Å²) in [6, 6.07) is 10.7. The third-order valence-electron chi connectivity index (χ3n) is 16.9. The Bertz CT molecular complexity index is 1800. The fraction of sp³-hybridized carbons (Fsp3) is 0.674. The van der Waals surface area contributed by atoms with Crippen molar-refractivity contribution < 1.29 is 28.6 Å². The Labute approximate surface area is 322 Å². The Morgan fingerprint density at radius 3 is 2.41 bits per heavy atom. The van der Waals surface area contributed by atoms with Crippen molar-refractivity contribution in [3.8, 4) is 0 Å². The SMILES string of the molecule is C=C(C)[C@@H]1CC[C@]2(C(=O)NCCc3cccc(C(=O)NCc4ccc(C(=O)OC)o4)c3)CC[C@]3(C)C(CCC4[C@@]5(C)CC[C@H](O)C(C)(C)C5CC[C@]43C)C12. The van der Waals surface area contributed by atoms with Crippen LogP contribution in [0.25, 0.3) is 0 Å². The Morgan fingerprint density at radius 1 is 0.889 bits per heavy atom. The summed E-state index contributed by atoms with van der Waals surface area (Å²) in [5.74, 6) is 2.27. The number of aliphatic hydroxyl groups excluding tert-OH is 1. The molecule has 1 aromatic heterocycles. The van der Waals surface area contributed by atoms with Crippen LogP contribution in [0.4, 0.5) is 0 Å². The number of rotatable bonds is 9. The van der Waals surface area contributed by atoms with E-state index in [4.69, 9.17) is 4.42 Å². The number of aliphatic hydroxyl groups is 1. The molecule has 1 aromatic carbocycles. The van der Waals surface area contributed by atoms with E-state index >= 15 is 0 Å². The fourth-order valence-electron chi connectivity index (χ4n) is 13.8. The van der Waals surface area contributed by atoms with Crippen molar-refractivity contribution in [2.75, 3.05) is 13.7 Å². The topological polar surface area (TPSA) is 118 Å². The number of methoxy groups -OCH3 is 1. The monoisotopic (exact) mass is 740 g/mol. The lowest BCUT2D eigenvalue weighted by Gasteiger charge is -2.72. The van der Waals surface area contributed by atoms with Gasteiger partial charge in [0.05, 0.1) is 25.2 Å². The van der Waals surface area contributed by atoms with Crippen LogP contribution in [0.15, 0.2) is 53.0 Å². The van der Waals surface area contributed by atoms with Crippen LogP contribution in [0, 0.1) is 56.7 Å². The number of esters is 1. The first-order chi connectivity index (χ1) is 25.5. The zero-order valence-electron chi connectivity index (χ0n) is 33.8. The highest BCUT2D eigenvalue weighted by atomic mass is 16.5. The summed E-state index contributed by atoms with van der Waals surface area (Å²) < 4.78 is 10.2. The number of carbonyl (C=O) groups excluding carboxylic acids is 3. The molecule has 10 atom stereocenters. The van der Waals surface area contributed by atoms with Crippen LogP contribution in [-0.4, -0.2) is 42.6 Å². The first-order valence-corrected chi connectivity index (χ1v) is 20.7. The number of carbonyl (C=O) groups is 3. The molecule has 2 aromatic rings. The van der Waals surface area contributed by atoms with E-state index in [-0.39, 0.29) is 57.3 Å². The van der Waals surface area contributed by atoms with Gasteiger partial charge in [-0.2, -0.15) is 0 Å². The molecule has 0 radical (unpaired) electrons. The summed E-state index contributed by atoms with van der Waals surface area (Å²) in [6.07, 6.45) is 11.2. The predicted molar refractivity (Wildman–Crippen MR) is 209 cm³/mol. The highest BCUT2D eigenvalue weighted by Gasteiger charge is 2.71. The summed E-state index contributed by atoms with van der Waals surface area (Å²) in [6.45, 7) is 19.8. The molecule has 8 heteroatoms. The third kappa shape index (κ3) is 5.99. The largest absolute Gasteiger partial charge is 0.463 e. The van der Waals surface area contributed by atoms with Crippen molar-refractivity contribution in [3.63, 3.8) is 0 Å².